The zero-order valence-electron chi connectivity index (χ0n) is 12.0. The minimum Gasteiger partial charge on any atom is -0.319 e. The normalized spacial score (nSPS) is 14.8. The van der Waals surface area contributed by atoms with E-state index in [0.717, 1.165) is 31.6 Å². The molecule has 1 atom stereocenters. The molecular weight excluding hydrogens is 227 g/mol. The number of nitrogens with zero attached hydrogens (tertiary/aromatic N) is 1. The number of nitrogens with one attached hydrogen (secondary N) is 1. The van der Waals surface area contributed by atoms with Gasteiger partial charge in [-0.3, -0.25) is 0 Å². The molecular formula is C15H25FN2. The average Bonchev–Trinajstić information content (AvgIpc) is 2.29. The van der Waals surface area contributed by atoms with E-state index in [4.69, 9.17) is 0 Å². The van der Waals surface area contributed by atoms with E-state index < -0.39 is 0 Å². The summed E-state index contributed by atoms with van der Waals surface area (Å²) in [5.41, 5.74) is 1.29. The summed E-state index contributed by atoms with van der Waals surface area (Å²) in [6, 6.07) is 6.84. The van der Waals surface area contributed by atoms with Gasteiger partial charge in [-0.05, 0) is 43.6 Å². The molecule has 1 rings (SSSR count). The third-order valence-corrected chi connectivity index (χ3v) is 3.45. The SMILES string of the molecule is CCC(C)(CNC)CN(C)Cc1cccc(F)c1. The second-order valence-electron chi connectivity index (χ2n) is 5.50. The quantitative estimate of drug-likeness (QED) is 0.802. The van der Waals surface area contributed by atoms with Crippen LogP contribution < -0.4 is 5.32 Å². The summed E-state index contributed by atoms with van der Waals surface area (Å²) >= 11 is 0. The molecule has 2 nitrogen and oxygen atoms in total. The minimum atomic E-state index is -0.158. The highest BCUT2D eigenvalue weighted by molar-refractivity contribution is 5.16. The Morgan fingerprint density at radius 2 is 2.11 bits per heavy atom. The smallest absolute Gasteiger partial charge is 0.123 e. The molecule has 0 bridgehead atoms. The number of benzene rings is 1. The standard InChI is InChI=1S/C15H25FN2/c1-5-15(2,11-17-3)12-18(4)10-13-7-6-8-14(16)9-13/h6-9,17H,5,10-12H2,1-4H3. The molecule has 0 amide bonds. The zero-order chi connectivity index (χ0) is 13.6. The van der Waals surface area contributed by atoms with Crippen molar-refractivity contribution in [1.82, 2.24) is 10.2 Å². The van der Waals surface area contributed by atoms with Gasteiger partial charge in [0.05, 0.1) is 0 Å². The fourth-order valence-corrected chi connectivity index (χ4v) is 2.37. The van der Waals surface area contributed by atoms with Gasteiger partial charge in [0.15, 0.2) is 0 Å². The van der Waals surface area contributed by atoms with Crippen LogP contribution in [0.1, 0.15) is 25.8 Å². The van der Waals surface area contributed by atoms with Gasteiger partial charge < -0.3 is 10.2 Å². The van der Waals surface area contributed by atoms with E-state index in [-0.39, 0.29) is 11.2 Å². The lowest BCUT2D eigenvalue weighted by Gasteiger charge is -2.33. The van der Waals surface area contributed by atoms with E-state index in [1.54, 1.807) is 12.1 Å². The molecule has 0 aliphatic carbocycles. The summed E-state index contributed by atoms with van der Waals surface area (Å²) in [6.45, 7) is 7.29. The Labute approximate surface area is 110 Å². The Morgan fingerprint density at radius 1 is 1.39 bits per heavy atom. The maximum Gasteiger partial charge on any atom is 0.123 e. The molecule has 0 saturated heterocycles. The number of rotatable bonds is 7. The Balaban J connectivity index is 2.57. The van der Waals surface area contributed by atoms with Crippen LogP contribution in [-0.4, -0.2) is 32.1 Å². The summed E-state index contributed by atoms with van der Waals surface area (Å²) < 4.78 is 13.1. The molecule has 1 unspecified atom stereocenters. The predicted octanol–water partition coefficient (Wildman–Crippen LogP) is 2.89. The molecule has 0 aliphatic heterocycles. The third kappa shape index (κ3) is 4.75. The van der Waals surface area contributed by atoms with Crippen LogP contribution in [0.4, 0.5) is 4.39 Å². The molecule has 0 saturated carbocycles. The predicted molar refractivity (Wildman–Crippen MR) is 75.1 cm³/mol. The lowest BCUT2D eigenvalue weighted by Crippen LogP contribution is -2.39. The second kappa shape index (κ2) is 6.86. The van der Waals surface area contributed by atoms with E-state index >= 15 is 0 Å². The van der Waals surface area contributed by atoms with Crippen molar-refractivity contribution in [1.29, 1.82) is 0 Å². The van der Waals surface area contributed by atoms with Gasteiger partial charge in [-0.2, -0.15) is 0 Å². The molecule has 0 heterocycles. The molecule has 3 heteroatoms. The Hall–Kier alpha value is -0.930. The van der Waals surface area contributed by atoms with E-state index in [1.807, 2.05) is 13.1 Å². The van der Waals surface area contributed by atoms with Crippen molar-refractivity contribution in [3.05, 3.63) is 35.6 Å². The highest BCUT2D eigenvalue weighted by Gasteiger charge is 2.23. The fraction of sp³-hybridized carbons (Fsp3) is 0.600. The summed E-state index contributed by atoms with van der Waals surface area (Å²) in [6.07, 6.45) is 1.13. The lowest BCUT2D eigenvalue weighted by atomic mass is 9.87. The topological polar surface area (TPSA) is 15.3 Å². The van der Waals surface area contributed by atoms with Crippen molar-refractivity contribution in [3.8, 4) is 0 Å². The first-order valence-corrected chi connectivity index (χ1v) is 6.56. The number of halogens is 1. The van der Waals surface area contributed by atoms with Crippen LogP contribution in [0.3, 0.4) is 0 Å². The van der Waals surface area contributed by atoms with E-state index in [1.165, 1.54) is 6.07 Å². The van der Waals surface area contributed by atoms with Gasteiger partial charge in [0.1, 0.15) is 5.82 Å². The first kappa shape index (κ1) is 15.1. The molecule has 1 aromatic carbocycles. The van der Waals surface area contributed by atoms with Gasteiger partial charge in [-0.1, -0.05) is 26.0 Å². The van der Waals surface area contributed by atoms with Gasteiger partial charge in [-0.15, -0.1) is 0 Å². The Kier molecular flexibility index (Phi) is 5.76. The van der Waals surface area contributed by atoms with Gasteiger partial charge in [0.2, 0.25) is 0 Å². The van der Waals surface area contributed by atoms with Crippen LogP contribution in [0.2, 0.25) is 0 Å². The summed E-state index contributed by atoms with van der Waals surface area (Å²) in [5, 5.41) is 3.25. The van der Waals surface area contributed by atoms with Crippen molar-refractivity contribution in [2.24, 2.45) is 5.41 Å². The molecule has 0 fully saturated rings. The molecule has 0 aromatic heterocycles. The molecule has 0 aliphatic rings. The summed E-state index contributed by atoms with van der Waals surface area (Å²) in [5.74, 6) is -0.158. The highest BCUT2D eigenvalue weighted by atomic mass is 19.1. The van der Waals surface area contributed by atoms with E-state index in [9.17, 15) is 4.39 Å². The van der Waals surface area contributed by atoms with Crippen LogP contribution >= 0.6 is 0 Å². The van der Waals surface area contributed by atoms with Crippen molar-refractivity contribution >= 4 is 0 Å². The maximum absolute atomic E-state index is 13.1. The molecule has 1 aromatic rings. The average molecular weight is 252 g/mol. The van der Waals surface area contributed by atoms with Crippen LogP contribution in [-0.2, 0) is 6.54 Å². The fourth-order valence-electron chi connectivity index (χ4n) is 2.37. The highest BCUT2D eigenvalue weighted by Crippen LogP contribution is 2.21. The van der Waals surface area contributed by atoms with Crippen LogP contribution in [0, 0.1) is 11.2 Å². The molecule has 0 radical (unpaired) electrons. The second-order valence-corrected chi connectivity index (χ2v) is 5.50. The lowest BCUT2D eigenvalue weighted by molar-refractivity contribution is 0.178. The molecule has 18 heavy (non-hydrogen) atoms. The first-order valence-electron chi connectivity index (χ1n) is 6.56. The number of hydrogen-bond donors (Lipinski definition) is 1. The monoisotopic (exact) mass is 252 g/mol. The Bertz CT molecular complexity index is 367. The van der Waals surface area contributed by atoms with Crippen molar-refractivity contribution in [3.63, 3.8) is 0 Å². The van der Waals surface area contributed by atoms with Gasteiger partial charge in [-0.25, -0.2) is 4.39 Å². The number of hydrogen-bond acceptors (Lipinski definition) is 2. The first-order chi connectivity index (χ1) is 8.49. The van der Waals surface area contributed by atoms with Gasteiger partial charge >= 0.3 is 0 Å². The van der Waals surface area contributed by atoms with Crippen molar-refractivity contribution in [2.45, 2.75) is 26.8 Å². The van der Waals surface area contributed by atoms with Crippen LogP contribution in [0.25, 0.3) is 0 Å². The summed E-state index contributed by atoms with van der Waals surface area (Å²) in [4.78, 5) is 2.26. The van der Waals surface area contributed by atoms with Gasteiger partial charge in [0, 0.05) is 19.6 Å². The van der Waals surface area contributed by atoms with Gasteiger partial charge in [0.25, 0.3) is 0 Å². The largest absolute Gasteiger partial charge is 0.319 e. The molecule has 102 valence electrons. The maximum atomic E-state index is 13.1. The van der Waals surface area contributed by atoms with Crippen LogP contribution in [0.15, 0.2) is 24.3 Å². The van der Waals surface area contributed by atoms with Crippen LogP contribution in [0.5, 0.6) is 0 Å². The molecule has 1 N–H and O–H groups in total. The minimum absolute atomic E-state index is 0.158. The zero-order valence-corrected chi connectivity index (χ0v) is 12.0. The van der Waals surface area contributed by atoms with Crippen molar-refractivity contribution in [2.75, 3.05) is 27.2 Å². The Morgan fingerprint density at radius 3 is 2.67 bits per heavy atom. The van der Waals surface area contributed by atoms with E-state index in [0.29, 0.717) is 0 Å². The van der Waals surface area contributed by atoms with Crippen molar-refractivity contribution < 1.29 is 4.39 Å². The molecule has 0 spiro atoms. The van der Waals surface area contributed by atoms with E-state index in [2.05, 4.69) is 31.1 Å². The summed E-state index contributed by atoms with van der Waals surface area (Å²) in [7, 11) is 4.08. The third-order valence-electron chi connectivity index (χ3n) is 3.45.